The van der Waals surface area contributed by atoms with Gasteiger partial charge in [-0.3, -0.25) is 4.79 Å². The summed E-state index contributed by atoms with van der Waals surface area (Å²) in [4.78, 5) is 19.4. The van der Waals surface area contributed by atoms with Crippen LogP contribution in [0, 0.1) is 13.8 Å². The lowest BCUT2D eigenvalue weighted by atomic mass is 10.0. The second-order valence-electron chi connectivity index (χ2n) is 7.43. The molecular formula is C23H27N3O4. The van der Waals surface area contributed by atoms with Gasteiger partial charge in [-0.25, -0.2) is 0 Å². The van der Waals surface area contributed by atoms with Crippen LogP contribution in [0.25, 0.3) is 11.4 Å². The Hall–Kier alpha value is -3.35. The fraction of sp³-hybridized carbons (Fsp3) is 0.348. The molecule has 0 aliphatic heterocycles. The van der Waals surface area contributed by atoms with Crippen molar-refractivity contribution < 1.29 is 18.8 Å². The molecule has 0 radical (unpaired) electrons. The Kier molecular flexibility index (Phi) is 6.40. The first-order valence-corrected chi connectivity index (χ1v) is 9.77. The van der Waals surface area contributed by atoms with Crippen molar-refractivity contribution in [1.82, 2.24) is 15.0 Å². The van der Waals surface area contributed by atoms with E-state index in [2.05, 4.69) is 10.1 Å². The molecule has 0 bridgehead atoms. The van der Waals surface area contributed by atoms with Crippen molar-refractivity contribution in [3.8, 4) is 22.9 Å². The molecule has 0 aliphatic rings. The van der Waals surface area contributed by atoms with Gasteiger partial charge in [0.1, 0.15) is 6.54 Å². The van der Waals surface area contributed by atoms with Gasteiger partial charge in [0.25, 0.3) is 5.91 Å². The van der Waals surface area contributed by atoms with E-state index in [-0.39, 0.29) is 18.5 Å². The van der Waals surface area contributed by atoms with Crippen molar-refractivity contribution in [2.24, 2.45) is 0 Å². The van der Waals surface area contributed by atoms with Gasteiger partial charge in [0.05, 0.1) is 14.2 Å². The third kappa shape index (κ3) is 4.45. The predicted molar refractivity (Wildman–Crippen MR) is 114 cm³/mol. The van der Waals surface area contributed by atoms with E-state index in [1.807, 2.05) is 52.0 Å². The van der Waals surface area contributed by atoms with Crippen molar-refractivity contribution in [2.45, 2.75) is 40.3 Å². The molecule has 1 aromatic heterocycles. The van der Waals surface area contributed by atoms with Gasteiger partial charge in [0, 0.05) is 17.2 Å². The summed E-state index contributed by atoms with van der Waals surface area (Å²) in [6.07, 6.45) is 0. The number of carbonyl (C=O) groups excluding carboxylic acids is 1. The van der Waals surface area contributed by atoms with Gasteiger partial charge in [-0.05, 0) is 57.5 Å². The average molecular weight is 409 g/mol. The highest BCUT2D eigenvalue weighted by Crippen LogP contribution is 2.31. The Labute approximate surface area is 176 Å². The number of aryl methyl sites for hydroxylation is 2. The number of benzene rings is 2. The summed E-state index contributed by atoms with van der Waals surface area (Å²) in [5.41, 5.74) is 3.40. The Morgan fingerprint density at radius 2 is 1.80 bits per heavy atom. The van der Waals surface area contributed by atoms with E-state index in [0.717, 1.165) is 16.7 Å². The summed E-state index contributed by atoms with van der Waals surface area (Å²) in [5.74, 6) is 1.93. The number of methoxy groups -OCH3 is 2. The van der Waals surface area contributed by atoms with Gasteiger partial charge in [0.15, 0.2) is 11.5 Å². The third-order valence-electron chi connectivity index (χ3n) is 4.92. The molecule has 0 aliphatic carbocycles. The molecule has 2 aromatic carbocycles. The lowest BCUT2D eigenvalue weighted by Gasteiger charge is -2.26. The van der Waals surface area contributed by atoms with E-state index >= 15 is 0 Å². The molecule has 30 heavy (non-hydrogen) atoms. The number of ether oxygens (including phenoxy) is 2. The Morgan fingerprint density at radius 3 is 2.47 bits per heavy atom. The normalized spacial score (nSPS) is 10.9. The smallest absolute Gasteiger partial charge is 0.254 e. The summed E-state index contributed by atoms with van der Waals surface area (Å²) >= 11 is 0. The average Bonchev–Trinajstić information content (AvgIpc) is 3.21. The van der Waals surface area contributed by atoms with Gasteiger partial charge in [-0.2, -0.15) is 4.98 Å². The summed E-state index contributed by atoms with van der Waals surface area (Å²) in [5, 5.41) is 4.07. The second kappa shape index (κ2) is 8.98. The third-order valence-corrected chi connectivity index (χ3v) is 4.92. The van der Waals surface area contributed by atoms with E-state index in [4.69, 9.17) is 14.0 Å². The van der Waals surface area contributed by atoms with Crippen LogP contribution in [-0.2, 0) is 6.54 Å². The van der Waals surface area contributed by atoms with E-state index in [0.29, 0.717) is 28.8 Å². The van der Waals surface area contributed by atoms with Crippen LogP contribution in [0.5, 0.6) is 11.5 Å². The largest absolute Gasteiger partial charge is 0.493 e. The summed E-state index contributed by atoms with van der Waals surface area (Å²) in [6, 6.07) is 11.2. The van der Waals surface area contributed by atoms with Crippen molar-refractivity contribution in [3.05, 3.63) is 59.0 Å². The predicted octanol–water partition coefficient (Wildman–Crippen LogP) is 4.42. The molecule has 0 atom stereocenters. The minimum absolute atomic E-state index is 0.0335. The van der Waals surface area contributed by atoms with Gasteiger partial charge in [0.2, 0.25) is 11.7 Å². The maximum absolute atomic E-state index is 13.2. The van der Waals surface area contributed by atoms with Crippen LogP contribution in [0.15, 0.2) is 40.9 Å². The Morgan fingerprint density at radius 1 is 1.07 bits per heavy atom. The number of nitrogens with zero attached hydrogens (tertiary/aromatic N) is 3. The molecule has 0 saturated heterocycles. The maximum Gasteiger partial charge on any atom is 0.254 e. The highest BCUT2D eigenvalue weighted by atomic mass is 16.5. The van der Waals surface area contributed by atoms with E-state index in [1.54, 1.807) is 31.3 Å². The quantitative estimate of drug-likeness (QED) is 0.575. The fourth-order valence-corrected chi connectivity index (χ4v) is 3.17. The van der Waals surface area contributed by atoms with Crippen LogP contribution < -0.4 is 9.47 Å². The molecule has 0 unspecified atom stereocenters. The Balaban J connectivity index is 1.85. The van der Waals surface area contributed by atoms with Crippen molar-refractivity contribution >= 4 is 5.91 Å². The number of carbonyl (C=O) groups is 1. The van der Waals surface area contributed by atoms with Crippen molar-refractivity contribution in [2.75, 3.05) is 14.2 Å². The van der Waals surface area contributed by atoms with Crippen molar-refractivity contribution in [3.63, 3.8) is 0 Å². The first-order valence-electron chi connectivity index (χ1n) is 9.77. The highest BCUT2D eigenvalue weighted by molar-refractivity contribution is 5.96. The maximum atomic E-state index is 13.2. The molecule has 1 amide bonds. The first-order chi connectivity index (χ1) is 14.3. The Bertz CT molecular complexity index is 1040. The summed E-state index contributed by atoms with van der Waals surface area (Å²) in [6.45, 7) is 8.07. The number of aromatic nitrogens is 2. The summed E-state index contributed by atoms with van der Waals surface area (Å²) in [7, 11) is 3.15. The molecule has 0 spiro atoms. The number of hydrogen-bond acceptors (Lipinski definition) is 6. The number of amides is 1. The van der Waals surface area contributed by atoms with E-state index in [9.17, 15) is 4.79 Å². The van der Waals surface area contributed by atoms with Gasteiger partial charge < -0.3 is 18.9 Å². The summed E-state index contributed by atoms with van der Waals surface area (Å²) < 4.78 is 16.0. The SMILES string of the molecule is COc1ccc(-c2noc(CN(C(=O)c3cc(C)ccc3C)C(C)C)n2)cc1OC. The zero-order valence-corrected chi connectivity index (χ0v) is 18.2. The zero-order chi connectivity index (χ0) is 21.8. The van der Waals surface area contributed by atoms with Gasteiger partial charge >= 0.3 is 0 Å². The van der Waals surface area contributed by atoms with Crippen LogP contribution in [0.1, 0.15) is 41.2 Å². The monoisotopic (exact) mass is 409 g/mol. The highest BCUT2D eigenvalue weighted by Gasteiger charge is 2.23. The lowest BCUT2D eigenvalue weighted by Crippen LogP contribution is -2.37. The van der Waals surface area contributed by atoms with E-state index in [1.165, 1.54) is 0 Å². The molecule has 7 nitrogen and oxygen atoms in total. The molecule has 3 rings (SSSR count). The van der Waals surface area contributed by atoms with Crippen LogP contribution in [-0.4, -0.2) is 41.2 Å². The van der Waals surface area contributed by atoms with Crippen LogP contribution in [0.4, 0.5) is 0 Å². The molecule has 0 fully saturated rings. The molecule has 7 heteroatoms. The van der Waals surface area contributed by atoms with E-state index < -0.39 is 0 Å². The number of hydrogen-bond donors (Lipinski definition) is 0. The number of rotatable bonds is 7. The molecule has 1 heterocycles. The standard InChI is InChI=1S/C23H27N3O4/c1-14(2)26(23(27)18-11-15(3)7-8-16(18)4)13-21-24-22(25-30-21)17-9-10-19(28-5)20(12-17)29-6/h7-12,14H,13H2,1-6H3. The topological polar surface area (TPSA) is 77.7 Å². The van der Waals surface area contributed by atoms with Gasteiger partial charge in [-0.15, -0.1) is 0 Å². The van der Waals surface area contributed by atoms with Crippen molar-refractivity contribution in [1.29, 1.82) is 0 Å². The fourth-order valence-electron chi connectivity index (χ4n) is 3.17. The molecular weight excluding hydrogens is 382 g/mol. The minimum Gasteiger partial charge on any atom is -0.493 e. The minimum atomic E-state index is -0.0583. The lowest BCUT2D eigenvalue weighted by molar-refractivity contribution is 0.0666. The second-order valence-corrected chi connectivity index (χ2v) is 7.43. The van der Waals surface area contributed by atoms with Crippen LogP contribution >= 0.6 is 0 Å². The van der Waals surface area contributed by atoms with Gasteiger partial charge in [-0.1, -0.05) is 22.9 Å². The molecule has 0 N–H and O–H groups in total. The molecule has 158 valence electrons. The van der Waals surface area contributed by atoms with Crippen LogP contribution in [0.2, 0.25) is 0 Å². The molecule has 3 aromatic rings. The zero-order valence-electron chi connectivity index (χ0n) is 18.2. The van der Waals surface area contributed by atoms with Crippen LogP contribution in [0.3, 0.4) is 0 Å². The first kappa shape index (κ1) is 21.4. The molecule has 0 saturated carbocycles.